The van der Waals surface area contributed by atoms with Gasteiger partial charge >= 0.3 is 0 Å². The number of fused-ring (bicyclic) bond motifs is 5. The summed E-state index contributed by atoms with van der Waals surface area (Å²) >= 11 is 3.55. The molecule has 0 aliphatic carbocycles. The smallest absolute Gasteiger partial charge is 0.0540 e. The Bertz CT molecular complexity index is 1050. The second-order valence-electron chi connectivity index (χ2n) is 6.72. The number of benzene rings is 4. The van der Waals surface area contributed by atoms with Crippen molar-refractivity contribution < 1.29 is 0 Å². The summed E-state index contributed by atoms with van der Waals surface area (Å²) in [5, 5.41) is 0.867. The van der Waals surface area contributed by atoms with Gasteiger partial charge in [0.1, 0.15) is 0 Å². The average Bonchev–Trinajstić information content (AvgIpc) is 2.87. The van der Waals surface area contributed by atoms with Crippen molar-refractivity contribution in [2.45, 2.75) is 5.33 Å². The van der Waals surface area contributed by atoms with Crippen LogP contribution in [-0.2, 0) is 5.33 Å². The Kier molecular flexibility index (Phi) is 4.06. The van der Waals surface area contributed by atoms with Crippen molar-refractivity contribution in [1.82, 2.24) is 0 Å². The standard InChI is InChI=1S/C25H18BrN/c26-17-18-13-15-19(16-14-18)27-24-11-5-3-9-22(24)20-7-1-2-8-21(20)23-10-4-6-12-25(23)27/h1-16H,17H2. The highest BCUT2D eigenvalue weighted by Crippen LogP contribution is 2.50. The lowest BCUT2D eigenvalue weighted by Gasteiger charge is -2.27. The lowest BCUT2D eigenvalue weighted by Crippen LogP contribution is -2.10. The fraction of sp³-hybridized carbons (Fsp3) is 0.0400. The largest absolute Gasteiger partial charge is 0.309 e. The average molecular weight is 412 g/mol. The Morgan fingerprint density at radius 2 is 0.963 bits per heavy atom. The third-order valence-corrected chi connectivity index (χ3v) is 5.79. The van der Waals surface area contributed by atoms with Crippen LogP contribution in [0.1, 0.15) is 5.56 Å². The third kappa shape index (κ3) is 2.68. The molecule has 1 heterocycles. The lowest BCUT2D eigenvalue weighted by atomic mass is 9.95. The molecule has 0 fully saturated rings. The summed E-state index contributed by atoms with van der Waals surface area (Å²) in [6.45, 7) is 0. The molecule has 5 rings (SSSR count). The Morgan fingerprint density at radius 3 is 1.44 bits per heavy atom. The topological polar surface area (TPSA) is 3.24 Å². The van der Waals surface area contributed by atoms with Crippen LogP contribution in [0.3, 0.4) is 0 Å². The van der Waals surface area contributed by atoms with Gasteiger partial charge in [0.25, 0.3) is 0 Å². The fourth-order valence-electron chi connectivity index (χ4n) is 3.89. The van der Waals surface area contributed by atoms with Crippen molar-refractivity contribution in [3.63, 3.8) is 0 Å². The minimum Gasteiger partial charge on any atom is -0.309 e. The van der Waals surface area contributed by atoms with Gasteiger partial charge in [-0.2, -0.15) is 0 Å². The number of halogens is 1. The molecular formula is C25H18BrN. The van der Waals surface area contributed by atoms with E-state index in [1.807, 2.05) is 0 Å². The van der Waals surface area contributed by atoms with E-state index in [4.69, 9.17) is 0 Å². The molecule has 27 heavy (non-hydrogen) atoms. The van der Waals surface area contributed by atoms with E-state index in [1.54, 1.807) is 0 Å². The molecule has 1 aliphatic rings. The van der Waals surface area contributed by atoms with E-state index in [-0.39, 0.29) is 0 Å². The first-order valence-corrected chi connectivity index (χ1v) is 10.2. The maximum Gasteiger partial charge on any atom is 0.0540 e. The van der Waals surface area contributed by atoms with Gasteiger partial charge in [0.2, 0.25) is 0 Å². The van der Waals surface area contributed by atoms with Crippen LogP contribution in [0, 0.1) is 0 Å². The molecular weight excluding hydrogens is 394 g/mol. The summed E-state index contributed by atoms with van der Waals surface area (Å²) in [5.74, 6) is 0. The van der Waals surface area contributed by atoms with Crippen LogP contribution in [-0.4, -0.2) is 0 Å². The van der Waals surface area contributed by atoms with Crippen molar-refractivity contribution in [1.29, 1.82) is 0 Å². The number of rotatable bonds is 2. The highest BCUT2D eigenvalue weighted by molar-refractivity contribution is 9.08. The lowest BCUT2D eigenvalue weighted by molar-refractivity contribution is 1.28. The summed E-state index contributed by atoms with van der Waals surface area (Å²) in [4.78, 5) is 2.38. The van der Waals surface area contributed by atoms with Crippen LogP contribution in [0.5, 0.6) is 0 Å². The second-order valence-corrected chi connectivity index (χ2v) is 7.28. The minimum absolute atomic E-state index is 0.867. The van der Waals surface area contributed by atoms with Gasteiger partial charge in [-0.15, -0.1) is 0 Å². The molecule has 0 atom stereocenters. The van der Waals surface area contributed by atoms with E-state index < -0.39 is 0 Å². The number of para-hydroxylation sites is 2. The van der Waals surface area contributed by atoms with E-state index in [0.29, 0.717) is 0 Å². The predicted molar refractivity (Wildman–Crippen MR) is 118 cm³/mol. The van der Waals surface area contributed by atoms with Gasteiger partial charge in [-0.25, -0.2) is 0 Å². The number of alkyl halides is 1. The molecule has 0 N–H and O–H groups in total. The maximum absolute atomic E-state index is 3.55. The van der Waals surface area contributed by atoms with Gasteiger partial charge in [-0.3, -0.25) is 0 Å². The number of anilines is 3. The van der Waals surface area contributed by atoms with E-state index in [0.717, 1.165) is 5.33 Å². The number of nitrogens with zero attached hydrogens (tertiary/aromatic N) is 1. The molecule has 0 radical (unpaired) electrons. The maximum atomic E-state index is 3.55. The van der Waals surface area contributed by atoms with Gasteiger partial charge in [-0.1, -0.05) is 88.7 Å². The number of hydrogen-bond acceptors (Lipinski definition) is 1. The first kappa shape index (κ1) is 16.3. The SMILES string of the molecule is BrCc1ccc(N2c3ccccc3-c3ccccc3-c3ccccc32)cc1. The summed E-state index contributed by atoms with van der Waals surface area (Å²) in [7, 11) is 0. The van der Waals surface area contributed by atoms with Crippen molar-refractivity contribution >= 4 is 33.0 Å². The van der Waals surface area contributed by atoms with Gasteiger partial charge in [0.15, 0.2) is 0 Å². The molecule has 130 valence electrons. The molecule has 1 nitrogen and oxygen atoms in total. The second kappa shape index (κ2) is 6.71. The molecule has 1 aliphatic heterocycles. The van der Waals surface area contributed by atoms with E-state index in [9.17, 15) is 0 Å². The van der Waals surface area contributed by atoms with Crippen LogP contribution >= 0.6 is 15.9 Å². The Hall–Kier alpha value is -2.84. The first-order chi connectivity index (χ1) is 13.4. The fourth-order valence-corrected chi connectivity index (χ4v) is 4.26. The van der Waals surface area contributed by atoms with E-state index in [1.165, 1.54) is 44.9 Å². The summed E-state index contributed by atoms with van der Waals surface area (Å²) in [6, 6.07) is 34.8. The van der Waals surface area contributed by atoms with Crippen LogP contribution in [0.25, 0.3) is 22.3 Å². The van der Waals surface area contributed by atoms with Gasteiger partial charge < -0.3 is 4.90 Å². The van der Waals surface area contributed by atoms with Crippen molar-refractivity contribution in [3.05, 3.63) is 103 Å². The zero-order chi connectivity index (χ0) is 18.2. The van der Waals surface area contributed by atoms with Gasteiger partial charge in [0, 0.05) is 22.1 Å². The van der Waals surface area contributed by atoms with Crippen molar-refractivity contribution in [3.8, 4) is 22.3 Å². The summed E-state index contributed by atoms with van der Waals surface area (Å²) < 4.78 is 0. The quantitative estimate of drug-likeness (QED) is 0.269. The summed E-state index contributed by atoms with van der Waals surface area (Å²) in [6.07, 6.45) is 0. The van der Waals surface area contributed by atoms with Gasteiger partial charge in [-0.05, 0) is 41.0 Å². The molecule has 0 spiro atoms. The van der Waals surface area contributed by atoms with Crippen LogP contribution in [0.2, 0.25) is 0 Å². The Morgan fingerprint density at radius 1 is 0.519 bits per heavy atom. The zero-order valence-electron chi connectivity index (χ0n) is 14.8. The molecule has 0 bridgehead atoms. The monoisotopic (exact) mass is 411 g/mol. The minimum atomic E-state index is 0.867. The summed E-state index contributed by atoms with van der Waals surface area (Å²) in [5.41, 5.74) is 9.94. The van der Waals surface area contributed by atoms with Crippen LogP contribution in [0.4, 0.5) is 17.1 Å². The van der Waals surface area contributed by atoms with Crippen LogP contribution in [0.15, 0.2) is 97.1 Å². The molecule has 4 aromatic rings. The third-order valence-electron chi connectivity index (χ3n) is 5.15. The molecule has 0 unspecified atom stereocenters. The molecule has 0 saturated carbocycles. The molecule has 0 saturated heterocycles. The van der Waals surface area contributed by atoms with Crippen LogP contribution < -0.4 is 4.90 Å². The molecule has 0 amide bonds. The normalized spacial score (nSPS) is 12.0. The first-order valence-electron chi connectivity index (χ1n) is 9.10. The molecule has 4 aromatic carbocycles. The number of hydrogen-bond donors (Lipinski definition) is 0. The van der Waals surface area contributed by atoms with E-state index >= 15 is 0 Å². The highest BCUT2D eigenvalue weighted by atomic mass is 79.9. The molecule has 2 heteroatoms. The highest BCUT2D eigenvalue weighted by Gasteiger charge is 2.25. The zero-order valence-corrected chi connectivity index (χ0v) is 16.4. The molecule has 0 aromatic heterocycles. The van der Waals surface area contributed by atoms with E-state index in [2.05, 4.69) is 118 Å². The predicted octanol–water partition coefficient (Wildman–Crippen LogP) is 7.70. The Balaban J connectivity index is 1.85. The van der Waals surface area contributed by atoms with Gasteiger partial charge in [0.05, 0.1) is 11.4 Å². The Labute approximate surface area is 168 Å². The van der Waals surface area contributed by atoms with Crippen molar-refractivity contribution in [2.75, 3.05) is 4.90 Å². The van der Waals surface area contributed by atoms with Crippen molar-refractivity contribution in [2.24, 2.45) is 0 Å².